The molecule has 0 saturated carbocycles. The van der Waals surface area contributed by atoms with Gasteiger partial charge in [0.15, 0.2) is 0 Å². The predicted molar refractivity (Wildman–Crippen MR) is 143 cm³/mol. The molecule has 0 saturated heterocycles. The van der Waals surface area contributed by atoms with Gasteiger partial charge < -0.3 is 9.13 Å². The lowest BCUT2D eigenvalue weighted by atomic mass is 10.2. The Balaban J connectivity index is 1.25. The minimum Gasteiger partial charge on any atom is -0.305 e. The Labute approximate surface area is 213 Å². The molecule has 0 aliphatic rings. The molecule has 0 fully saturated rings. The van der Waals surface area contributed by atoms with Crippen LogP contribution in [-0.4, -0.2) is 31.5 Å². The summed E-state index contributed by atoms with van der Waals surface area (Å²) in [5.74, 6) is 0. The van der Waals surface area contributed by atoms with Gasteiger partial charge in [-0.15, -0.1) is 0 Å². The highest BCUT2D eigenvalue weighted by atomic mass is 79.9. The minimum absolute atomic E-state index is 0.862. The summed E-state index contributed by atoms with van der Waals surface area (Å²) in [6, 6.07) is 20.0. The van der Waals surface area contributed by atoms with Gasteiger partial charge in [-0.1, -0.05) is 12.1 Å². The van der Waals surface area contributed by atoms with E-state index in [4.69, 9.17) is 0 Å². The molecule has 34 heavy (non-hydrogen) atoms. The highest BCUT2D eigenvalue weighted by molar-refractivity contribution is 9.11. The zero-order valence-electron chi connectivity index (χ0n) is 17.8. The Kier molecular flexibility index (Phi) is 6.60. The van der Waals surface area contributed by atoms with Crippen molar-refractivity contribution >= 4 is 55.7 Å². The number of rotatable bonds is 6. The van der Waals surface area contributed by atoms with Crippen LogP contribution in [0, 0.1) is 0 Å². The van der Waals surface area contributed by atoms with Gasteiger partial charge in [-0.25, -0.2) is 9.97 Å². The van der Waals surface area contributed by atoms with Crippen LogP contribution in [0.15, 0.2) is 117 Å². The van der Waals surface area contributed by atoms with Crippen LogP contribution < -0.4 is 0 Å². The third kappa shape index (κ3) is 5.13. The summed E-state index contributed by atoms with van der Waals surface area (Å²) in [6.45, 7) is 0. The van der Waals surface area contributed by atoms with Gasteiger partial charge in [-0.05, 0) is 91.5 Å². The molecular weight excluding hydrogens is 556 g/mol. The smallest absolute Gasteiger partial charge is 0.0992 e. The van der Waals surface area contributed by atoms with Gasteiger partial charge in [-0.3, -0.25) is 9.98 Å². The number of nitrogens with zero attached hydrogens (tertiary/aromatic N) is 6. The van der Waals surface area contributed by atoms with Gasteiger partial charge in [-0.2, -0.15) is 0 Å². The van der Waals surface area contributed by atoms with E-state index in [0.717, 1.165) is 42.8 Å². The van der Waals surface area contributed by atoms with Gasteiger partial charge in [0.05, 0.1) is 35.4 Å². The molecule has 0 atom stereocenters. The molecule has 8 heteroatoms. The molecule has 5 rings (SSSR count). The molecule has 0 radical (unpaired) electrons. The number of hydrogen-bond donors (Lipinski definition) is 0. The summed E-state index contributed by atoms with van der Waals surface area (Å²) in [4.78, 5) is 17.4. The second kappa shape index (κ2) is 10.1. The standard InChI is InChI=1S/C26H18Br2N6/c27-23-13-19(1-7-25(23)33-11-9-29-17-33)15-31-21-3-5-22(6-4-21)32-16-20-2-8-26(24(28)14-20)34-12-10-30-18-34/h1-18H/b31-15+,32-16+. The first-order valence-corrected chi connectivity index (χ1v) is 12.0. The van der Waals surface area contributed by atoms with Crippen molar-refractivity contribution in [3.63, 3.8) is 0 Å². The van der Waals surface area contributed by atoms with Crippen molar-refractivity contribution in [2.24, 2.45) is 9.98 Å². The predicted octanol–water partition coefficient (Wildman–Crippen LogP) is 7.08. The highest BCUT2D eigenvalue weighted by Gasteiger charge is 2.04. The zero-order valence-corrected chi connectivity index (χ0v) is 21.0. The van der Waals surface area contributed by atoms with Crippen LogP contribution in [0.2, 0.25) is 0 Å². The molecule has 3 aromatic carbocycles. The zero-order chi connectivity index (χ0) is 23.3. The lowest BCUT2D eigenvalue weighted by Crippen LogP contribution is -1.92. The second-order valence-electron chi connectivity index (χ2n) is 7.39. The summed E-state index contributed by atoms with van der Waals surface area (Å²) in [6.07, 6.45) is 14.6. The van der Waals surface area contributed by atoms with Gasteiger partial charge in [0.1, 0.15) is 0 Å². The molecule has 0 spiro atoms. The number of aliphatic imine (C=N–C) groups is 2. The largest absolute Gasteiger partial charge is 0.305 e. The average molecular weight is 574 g/mol. The molecule has 0 amide bonds. The van der Waals surface area contributed by atoms with Crippen molar-refractivity contribution in [1.82, 2.24) is 19.1 Å². The van der Waals surface area contributed by atoms with Crippen molar-refractivity contribution in [3.05, 3.63) is 118 Å². The van der Waals surface area contributed by atoms with E-state index in [1.54, 1.807) is 25.0 Å². The van der Waals surface area contributed by atoms with Crippen molar-refractivity contribution in [2.45, 2.75) is 0 Å². The fourth-order valence-electron chi connectivity index (χ4n) is 3.35. The molecule has 0 unspecified atom stereocenters. The normalized spacial score (nSPS) is 11.6. The Morgan fingerprint density at radius 3 is 1.41 bits per heavy atom. The second-order valence-corrected chi connectivity index (χ2v) is 9.10. The van der Waals surface area contributed by atoms with Crippen LogP contribution >= 0.6 is 31.9 Å². The Morgan fingerprint density at radius 2 is 1.06 bits per heavy atom. The van der Waals surface area contributed by atoms with E-state index in [2.05, 4.69) is 51.8 Å². The maximum absolute atomic E-state index is 4.58. The van der Waals surface area contributed by atoms with E-state index in [0.29, 0.717) is 0 Å². The fraction of sp³-hybridized carbons (Fsp3) is 0. The maximum atomic E-state index is 4.58. The quantitative estimate of drug-likeness (QED) is 0.204. The minimum atomic E-state index is 0.862. The number of imidazole rings is 2. The van der Waals surface area contributed by atoms with Crippen molar-refractivity contribution in [1.29, 1.82) is 0 Å². The number of halogens is 2. The van der Waals surface area contributed by atoms with Crippen molar-refractivity contribution < 1.29 is 0 Å². The van der Waals surface area contributed by atoms with Crippen molar-refractivity contribution in [3.8, 4) is 11.4 Å². The summed E-state index contributed by atoms with van der Waals surface area (Å²) in [5.41, 5.74) is 5.79. The third-order valence-electron chi connectivity index (χ3n) is 5.08. The van der Waals surface area contributed by atoms with Crippen LogP contribution in [0.4, 0.5) is 11.4 Å². The van der Waals surface area contributed by atoms with Crippen molar-refractivity contribution in [2.75, 3.05) is 0 Å². The van der Waals surface area contributed by atoms with Crippen LogP contribution in [-0.2, 0) is 0 Å². The molecule has 5 aromatic rings. The lowest BCUT2D eigenvalue weighted by molar-refractivity contribution is 1.05. The molecule has 6 nitrogen and oxygen atoms in total. The Bertz CT molecular complexity index is 1340. The topological polar surface area (TPSA) is 60.4 Å². The first-order valence-electron chi connectivity index (χ1n) is 10.4. The van der Waals surface area contributed by atoms with Crippen LogP contribution in [0.3, 0.4) is 0 Å². The fourth-order valence-corrected chi connectivity index (χ4v) is 4.55. The van der Waals surface area contributed by atoms with E-state index in [1.807, 2.05) is 94.6 Å². The van der Waals surface area contributed by atoms with Crippen LogP contribution in [0.1, 0.15) is 11.1 Å². The summed E-state index contributed by atoms with van der Waals surface area (Å²) in [5, 5.41) is 0. The van der Waals surface area contributed by atoms with E-state index in [1.165, 1.54) is 0 Å². The SMILES string of the molecule is Brc1cc(/C=N/c2ccc(/N=C/c3ccc(-n4ccnc4)c(Br)c3)cc2)ccc1-n1ccnc1. The lowest BCUT2D eigenvalue weighted by Gasteiger charge is -2.06. The van der Waals surface area contributed by atoms with Crippen LogP contribution in [0.25, 0.3) is 11.4 Å². The molecule has 0 aliphatic heterocycles. The molecule has 166 valence electrons. The highest BCUT2D eigenvalue weighted by Crippen LogP contribution is 2.24. The monoisotopic (exact) mass is 572 g/mol. The summed E-state index contributed by atoms with van der Waals surface area (Å²) in [7, 11) is 0. The average Bonchev–Trinajstić information content (AvgIpc) is 3.57. The van der Waals surface area contributed by atoms with Gasteiger partial charge >= 0.3 is 0 Å². The maximum Gasteiger partial charge on any atom is 0.0992 e. The van der Waals surface area contributed by atoms with Gasteiger partial charge in [0, 0.05) is 46.2 Å². The Morgan fingerprint density at radius 1 is 0.618 bits per heavy atom. The van der Waals surface area contributed by atoms with E-state index < -0.39 is 0 Å². The van der Waals surface area contributed by atoms with E-state index in [9.17, 15) is 0 Å². The van der Waals surface area contributed by atoms with Gasteiger partial charge in [0.2, 0.25) is 0 Å². The Hall–Kier alpha value is -3.62. The third-order valence-corrected chi connectivity index (χ3v) is 6.35. The molecule has 2 heterocycles. The number of aromatic nitrogens is 4. The first-order chi connectivity index (χ1) is 16.7. The summed E-state index contributed by atoms with van der Waals surface area (Å²) >= 11 is 7.25. The first kappa shape index (κ1) is 22.2. The van der Waals surface area contributed by atoms with Gasteiger partial charge in [0.25, 0.3) is 0 Å². The number of hydrogen-bond acceptors (Lipinski definition) is 4. The van der Waals surface area contributed by atoms with E-state index >= 15 is 0 Å². The van der Waals surface area contributed by atoms with Crippen LogP contribution in [0.5, 0.6) is 0 Å². The molecule has 0 bridgehead atoms. The number of benzene rings is 3. The molecule has 0 aliphatic carbocycles. The molecule has 2 aromatic heterocycles. The summed E-state index contributed by atoms with van der Waals surface area (Å²) < 4.78 is 5.86. The van der Waals surface area contributed by atoms with E-state index in [-0.39, 0.29) is 0 Å². The molecular formula is C26H18Br2N6. The molecule has 0 N–H and O–H groups in total.